The Bertz CT molecular complexity index is 31.8. The molecule has 0 aromatic heterocycles. The smallest absolute Gasteiger partial charge is 0.300 e. The number of rotatable bonds is 0. The van der Waals surface area contributed by atoms with E-state index in [1.807, 2.05) is 0 Å². The minimum atomic E-state index is -0.833. The lowest BCUT2D eigenvalue weighted by molar-refractivity contribution is -0.134. The van der Waals surface area contributed by atoms with Crippen LogP contribution in [0.5, 0.6) is 0 Å². The molecule has 0 amide bonds. The van der Waals surface area contributed by atoms with Gasteiger partial charge in [-0.15, -0.1) is 0 Å². The van der Waals surface area contributed by atoms with Crippen molar-refractivity contribution in [3.63, 3.8) is 0 Å². The quantitative estimate of drug-likeness (QED) is 0.396. The molecule has 0 aliphatic carbocycles. The zero-order valence-corrected chi connectivity index (χ0v) is 4.59. The van der Waals surface area contributed by atoms with Gasteiger partial charge in [-0.05, 0) is 0 Å². The molecule has 6 heavy (non-hydrogen) atoms. The molecule has 0 saturated heterocycles. The molecule has 0 rings (SSSR count). The average molecular weight is 105 g/mol. The van der Waals surface area contributed by atoms with Crippen molar-refractivity contribution in [2.24, 2.45) is 0 Å². The molecule has 3 nitrogen and oxygen atoms in total. The van der Waals surface area contributed by atoms with Crippen LogP contribution in [-0.4, -0.2) is 33.9 Å². The Morgan fingerprint density at radius 3 is 1.67 bits per heavy atom. The van der Waals surface area contributed by atoms with Gasteiger partial charge in [0, 0.05) is 24.3 Å². The molecule has 0 spiro atoms. The zero-order valence-electron chi connectivity index (χ0n) is 3.43. The molecule has 35 valence electrons. The summed E-state index contributed by atoms with van der Waals surface area (Å²) in [6, 6.07) is 0. The summed E-state index contributed by atoms with van der Waals surface area (Å²) in [4.78, 5) is 9.00. The number of hydrogen-bond acceptors (Lipinski definition) is 1. The average Bonchev–Trinajstić information content (AvgIpc) is 0.811. The highest BCUT2D eigenvalue weighted by Gasteiger charge is 1.65. The van der Waals surface area contributed by atoms with Crippen LogP contribution in [0, 0.1) is 0 Å². The third-order valence-electron chi connectivity index (χ3n) is 0. The summed E-state index contributed by atoms with van der Waals surface area (Å²) in [7, 11) is 0. The van der Waals surface area contributed by atoms with E-state index < -0.39 is 5.97 Å². The van der Waals surface area contributed by atoms with Gasteiger partial charge in [-0.3, -0.25) is 4.79 Å². The fourth-order valence-electron chi connectivity index (χ4n) is 0. The van der Waals surface area contributed by atoms with Gasteiger partial charge in [-0.1, -0.05) is 0 Å². The van der Waals surface area contributed by atoms with Crippen molar-refractivity contribution in [3.8, 4) is 0 Å². The Morgan fingerprint density at radius 1 is 1.67 bits per heavy atom. The molecular weight excluding hydrogens is 99.0 g/mol. The van der Waals surface area contributed by atoms with E-state index in [1.54, 1.807) is 0 Å². The van der Waals surface area contributed by atoms with Crippen molar-refractivity contribution in [2.75, 3.05) is 0 Å². The van der Waals surface area contributed by atoms with Crippen LogP contribution < -0.4 is 0 Å². The first-order valence-corrected chi connectivity index (χ1v) is 0.928. The number of hydrogen-bond donors (Lipinski definition) is 1. The highest BCUT2D eigenvalue weighted by molar-refractivity contribution is 5.75. The standard InChI is InChI=1S/C2H4O2.Al.H2O/c1-2(3)4;;/h1H3,(H,3,4);;1H2. The molecule has 0 heterocycles. The summed E-state index contributed by atoms with van der Waals surface area (Å²) in [6.07, 6.45) is 0. The lowest BCUT2D eigenvalue weighted by atomic mass is 10.9. The van der Waals surface area contributed by atoms with Crippen molar-refractivity contribution in [1.29, 1.82) is 0 Å². The van der Waals surface area contributed by atoms with E-state index in [-0.39, 0.29) is 22.8 Å². The van der Waals surface area contributed by atoms with Crippen molar-refractivity contribution < 1.29 is 15.4 Å². The highest BCUT2D eigenvalue weighted by atomic mass is 27.0. The van der Waals surface area contributed by atoms with E-state index in [0.29, 0.717) is 0 Å². The van der Waals surface area contributed by atoms with Gasteiger partial charge in [-0.25, -0.2) is 0 Å². The summed E-state index contributed by atoms with van der Waals surface area (Å²) in [5.74, 6) is -0.833. The first-order chi connectivity index (χ1) is 1.73. The van der Waals surface area contributed by atoms with Crippen LogP contribution in [-0.2, 0) is 4.79 Å². The molecular formula is C2H6AlO3. The van der Waals surface area contributed by atoms with E-state index in [4.69, 9.17) is 9.90 Å². The number of aliphatic carboxylic acids is 1. The van der Waals surface area contributed by atoms with E-state index in [0.717, 1.165) is 6.92 Å². The predicted molar refractivity (Wildman–Crippen MR) is 22.7 cm³/mol. The molecule has 0 saturated carbocycles. The molecule has 0 aliphatic rings. The summed E-state index contributed by atoms with van der Waals surface area (Å²) in [5, 5.41) is 7.42. The second-order valence-electron chi connectivity index (χ2n) is 0.519. The molecule has 0 aromatic rings. The van der Waals surface area contributed by atoms with E-state index in [9.17, 15) is 0 Å². The van der Waals surface area contributed by atoms with Crippen molar-refractivity contribution in [1.82, 2.24) is 0 Å². The largest absolute Gasteiger partial charge is 0.481 e. The SMILES string of the molecule is CC(=O)O.O.[Al]. The third-order valence-corrected chi connectivity index (χ3v) is 0. The predicted octanol–water partition coefficient (Wildman–Crippen LogP) is -1.11. The van der Waals surface area contributed by atoms with Crippen LogP contribution in [0.25, 0.3) is 0 Å². The highest BCUT2D eigenvalue weighted by Crippen LogP contribution is 1.42. The Balaban J connectivity index is -0.0000000450. The first kappa shape index (κ1) is 16.7. The van der Waals surface area contributed by atoms with Gasteiger partial charge >= 0.3 is 0 Å². The van der Waals surface area contributed by atoms with Crippen molar-refractivity contribution >= 4 is 23.3 Å². The maximum Gasteiger partial charge on any atom is 0.300 e. The number of carbonyl (C=O) groups is 1. The minimum absolute atomic E-state index is 0. The lowest BCUT2D eigenvalue weighted by Crippen LogP contribution is -1.78. The van der Waals surface area contributed by atoms with Crippen LogP contribution in [0.15, 0.2) is 0 Å². The number of carboxylic acid groups (broad SMARTS) is 1. The second kappa shape index (κ2) is 8.88. The van der Waals surface area contributed by atoms with Gasteiger partial charge in [0.05, 0.1) is 0 Å². The van der Waals surface area contributed by atoms with Gasteiger partial charge in [0.25, 0.3) is 5.97 Å². The van der Waals surface area contributed by atoms with E-state index in [2.05, 4.69) is 0 Å². The molecule has 0 aliphatic heterocycles. The zero-order chi connectivity index (χ0) is 3.58. The maximum atomic E-state index is 9.00. The molecule has 0 bridgehead atoms. The molecule has 0 unspecified atom stereocenters. The van der Waals surface area contributed by atoms with E-state index >= 15 is 0 Å². The maximum absolute atomic E-state index is 9.00. The molecule has 3 radical (unpaired) electrons. The summed E-state index contributed by atoms with van der Waals surface area (Å²) in [5.41, 5.74) is 0. The van der Waals surface area contributed by atoms with Crippen LogP contribution in [0.4, 0.5) is 0 Å². The molecule has 3 N–H and O–H groups in total. The fraction of sp³-hybridized carbons (Fsp3) is 0.500. The fourth-order valence-corrected chi connectivity index (χ4v) is 0. The topological polar surface area (TPSA) is 68.8 Å². The van der Waals surface area contributed by atoms with Crippen LogP contribution in [0.1, 0.15) is 6.92 Å². The Kier molecular flexibility index (Phi) is 24.8. The van der Waals surface area contributed by atoms with Crippen molar-refractivity contribution in [3.05, 3.63) is 0 Å². The van der Waals surface area contributed by atoms with Gasteiger partial charge in [-0.2, -0.15) is 0 Å². The van der Waals surface area contributed by atoms with Gasteiger partial charge in [0.1, 0.15) is 0 Å². The van der Waals surface area contributed by atoms with Gasteiger partial charge < -0.3 is 10.6 Å². The summed E-state index contributed by atoms with van der Waals surface area (Å²) >= 11 is 0. The van der Waals surface area contributed by atoms with Gasteiger partial charge in [0.15, 0.2) is 0 Å². The normalized spacial score (nSPS) is 4.17. The van der Waals surface area contributed by atoms with Crippen molar-refractivity contribution in [2.45, 2.75) is 6.92 Å². The van der Waals surface area contributed by atoms with E-state index in [1.165, 1.54) is 0 Å². The Hall–Kier alpha value is -0.0375. The lowest BCUT2D eigenvalue weighted by Gasteiger charge is -1.59. The summed E-state index contributed by atoms with van der Waals surface area (Å²) < 4.78 is 0. The Labute approximate surface area is 46.4 Å². The van der Waals surface area contributed by atoms with Crippen LogP contribution >= 0.6 is 0 Å². The van der Waals surface area contributed by atoms with Gasteiger partial charge in [0.2, 0.25) is 0 Å². The first-order valence-electron chi connectivity index (χ1n) is 0.928. The number of carboxylic acids is 1. The minimum Gasteiger partial charge on any atom is -0.481 e. The molecule has 0 fully saturated rings. The van der Waals surface area contributed by atoms with Crippen LogP contribution in [0.2, 0.25) is 0 Å². The molecule has 0 atom stereocenters. The van der Waals surface area contributed by atoms with Crippen LogP contribution in [0.3, 0.4) is 0 Å². The molecule has 0 aromatic carbocycles. The monoisotopic (exact) mass is 105 g/mol. The summed E-state index contributed by atoms with van der Waals surface area (Å²) in [6.45, 7) is 1.08. The Morgan fingerprint density at radius 2 is 1.67 bits per heavy atom. The molecule has 4 heteroatoms. The second-order valence-corrected chi connectivity index (χ2v) is 0.519. The third kappa shape index (κ3) is 24700.